The van der Waals surface area contributed by atoms with Gasteiger partial charge in [0.05, 0.1) is 45.7 Å². The maximum Gasteiger partial charge on any atom is 0 e. The summed E-state index contributed by atoms with van der Waals surface area (Å²) in [7, 11) is 4.39. The quantitative estimate of drug-likeness (QED) is 0.0437. The maximum atomic E-state index is 8.56. The number of carbonyl (C=O) groups excluding carboxylic acids is 1. The average Bonchev–Trinajstić information content (AvgIpc) is 3.10. The number of allylic oxidation sites excluding steroid dienone is 4. The summed E-state index contributed by atoms with van der Waals surface area (Å²) in [6, 6.07) is 24.9. The van der Waals surface area contributed by atoms with Crippen molar-refractivity contribution in [3.8, 4) is 17.2 Å². The first-order valence-electron chi connectivity index (χ1n) is 17.0. The first-order chi connectivity index (χ1) is 24.9. The van der Waals surface area contributed by atoms with Crippen molar-refractivity contribution in [3.63, 3.8) is 0 Å². The molecule has 0 saturated heterocycles. The largest absolute Gasteiger partial charge is 0 e. The summed E-state index contributed by atoms with van der Waals surface area (Å²) < 4.78 is 15.9. The maximum absolute atomic E-state index is 8.56. The van der Waals surface area contributed by atoms with E-state index in [-0.39, 0.29) is 159 Å². The van der Waals surface area contributed by atoms with Crippen molar-refractivity contribution in [1.29, 1.82) is 0 Å². The Bertz CT molecular complexity index is 1170. The van der Waals surface area contributed by atoms with Gasteiger partial charge in [-0.05, 0) is 126 Å². The van der Waals surface area contributed by atoms with E-state index in [0.717, 1.165) is 17.2 Å². The predicted octanol–water partition coefficient (Wildman–Crippen LogP) is 8.63. The minimum atomic E-state index is -0.665. The van der Waals surface area contributed by atoms with E-state index in [1.165, 1.54) is 41.6 Å². The van der Waals surface area contributed by atoms with Gasteiger partial charge >= 0.3 is 20.1 Å². The third kappa shape index (κ3) is 54.3. The zero-order valence-corrected chi connectivity index (χ0v) is 47.9. The van der Waals surface area contributed by atoms with Crippen molar-refractivity contribution in [3.05, 3.63) is 142 Å². The van der Waals surface area contributed by atoms with Crippen LogP contribution >= 0.6 is 7.92 Å². The molecule has 0 heterocycles. The molecule has 0 spiro atoms. The van der Waals surface area contributed by atoms with Crippen LogP contribution in [0.25, 0.3) is 0 Å². The molecule has 6 radical (unpaired) electrons. The van der Waals surface area contributed by atoms with E-state index in [1.807, 2.05) is 36.4 Å². The molecular formula is C49H89BIr3O10P-7. The van der Waals surface area contributed by atoms with Crippen LogP contribution in [0.4, 0.5) is 0 Å². The number of carboxylic acid groups (broad SMARTS) is 1. The third-order valence-corrected chi connectivity index (χ3v) is 9.13. The minimum Gasteiger partial charge on any atom is 0 e. The molecule has 1 aliphatic carbocycles. The Kier molecular flexibility index (Phi) is 106. The zero-order valence-electron chi connectivity index (χ0n) is 39.3. The Balaban J connectivity index is -0.0000000456. The molecule has 5 N–H and O–H groups in total. The van der Waals surface area contributed by atoms with Gasteiger partial charge in [-0.3, -0.25) is 11.6 Å². The molecule has 0 aromatic heterocycles. The Labute approximate surface area is 437 Å². The van der Waals surface area contributed by atoms with Crippen LogP contribution in [0, 0.1) is 44.6 Å². The van der Waals surface area contributed by atoms with E-state index in [4.69, 9.17) is 49.3 Å². The molecule has 0 aliphatic heterocycles. The molecular weight excluding hydrogens is 1370 g/mol. The topological polar surface area (TPSA) is 163 Å². The second-order valence-electron chi connectivity index (χ2n) is 11.5. The summed E-state index contributed by atoms with van der Waals surface area (Å²) in [6.45, 7) is 9.64. The van der Waals surface area contributed by atoms with Gasteiger partial charge in [0.1, 0.15) is 17.2 Å². The second kappa shape index (κ2) is 67.6. The molecule has 3 aromatic rings. The molecule has 4 atom stereocenters. The Hall–Kier alpha value is -2.04. The molecule has 0 fully saturated rings. The van der Waals surface area contributed by atoms with Gasteiger partial charge in [-0.2, -0.15) is 0 Å². The van der Waals surface area contributed by atoms with Crippen LogP contribution in [0.1, 0.15) is 81.1 Å². The van der Waals surface area contributed by atoms with Crippen molar-refractivity contribution in [2.75, 3.05) is 21.3 Å². The van der Waals surface area contributed by atoms with E-state index < -0.39 is 7.92 Å². The molecule has 4 unspecified atom stereocenters. The van der Waals surface area contributed by atoms with E-state index in [2.05, 4.69) is 67.5 Å². The van der Waals surface area contributed by atoms with E-state index in [1.54, 1.807) is 49.0 Å². The van der Waals surface area contributed by atoms with Crippen molar-refractivity contribution >= 4 is 45.5 Å². The van der Waals surface area contributed by atoms with E-state index in [9.17, 15) is 0 Å². The molecule has 0 bridgehead atoms. The van der Waals surface area contributed by atoms with Crippen molar-refractivity contribution in [1.82, 2.24) is 0 Å². The van der Waals surface area contributed by atoms with Crippen LogP contribution in [0.15, 0.2) is 97.1 Å². The van der Waals surface area contributed by atoms with Crippen LogP contribution < -0.4 is 30.1 Å². The van der Waals surface area contributed by atoms with Crippen LogP contribution in [0.2, 0.25) is 0 Å². The molecule has 1 aliphatic rings. The fourth-order valence-corrected chi connectivity index (χ4v) is 6.72. The Morgan fingerprint density at radius 2 is 0.672 bits per heavy atom. The molecule has 15 heteroatoms. The van der Waals surface area contributed by atoms with Crippen LogP contribution in [0.5, 0.6) is 17.2 Å². The van der Waals surface area contributed by atoms with Crippen molar-refractivity contribution in [2.24, 2.45) is 0 Å². The average molecular weight is 1460 g/mol. The smallest absolute Gasteiger partial charge is 0 e. The van der Waals surface area contributed by atoms with Crippen LogP contribution in [-0.4, -0.2) is 93.0 Å². The summed E-state index contributed by atoms with van der Waals surface area (Å²) in [5.74, 6) is 2.59. The van der Waals surface area contributed by atoms with Gasteiger partial charge in [0.25, 0.3) is 6.47 Å². The van der Waals surface area contributed by atoms with Gasteiger partial charge in [-0.15, -0.1) is 0 Å². The summed E-state index contributed by atoms with van der Waals surface area (Å²) in [4.78, 5) is 16.1. The van der Waals surface area contributed by atoms with Gasteiger partial charge < -0.3 is 89.1 Å². The van der Waals surface area contributed by atoms with E-state index in [0.29, 0.717) is 12.8 Å². The normalized spacial score (nSPS) is 11.5. The fourth-order valence-electron chi connectivity index (χ4n) is 4.48. The van der Waals surface area contributed by atoms with Crippen LogP contribution in [0.3, 0.4) is 0 Å². The minimum absolute atomic E-state index is 0. The number of methoxy groups -OCH3 is 3. The summed E-state index contributed by atoms with van der Waals surface area (Å²) in [6.07, 6.45) is 13.4. The summed E-state index contributed by atoms with van der Waals surface area (Å²) in [5, 5.41) is 44.9. The number of aliphatic hydroxyl groups excluding tert-OH is 4. The molecule has 3 aromatic carbocycles. The second-order valence-corrected chi connectivity index (χ2v) is 13.7. The van der Waals surface area contributed by atoms with Crippen molar-refractivity contribution < 1.29 is 110 Å². The van der Waals surface area contributed by atoms with Gasteiger partial charge in [0, 0.05) is 48.6 Å². The number of carbonyl (C=O) groups is 1. The number of hydrogen-bond donors (Lipinski definition) is 5. The number of hydrogen-bond acceptors (Lipinski definition) is 9. The van der Waals surface area contributed by atoms with Crippen molar-refractivity contribution in [2.45, 2.75) is 105 Å². The Morgan fingerprint density at radius 1 is 0.516 bits per heavy atom. The molecule has 4 rings (SSSR count). The number of ether oxygens (including phenoxy) is 3. The zero-order chi connectivity index (χ0) is 39.7. The molecule has 0 amide bonds. The predicted molar refractivity (Wildman–Crippen MR) is 275 cm³/mol. The number of rotatable bonds is 10. The van der Waals surface area contributed by atoms with Gasteiger partial charge in [0.2, 0.25) is 0 Å². The number of benzene rings is 3. The van der Waals surface area contributed by atoms with E-state index >= 15 is 0 Å². The van der Waals surface area contributed by atoms with Gasteiger partial charge in [0.15, 0.2) is 0 Å². The van der Waals surface area contributed by atoms with Gasteiger partial charge in [-0.1, -0.05) is 75.6 Å². The molecule has 0 saturated carbocycles. The van der Waals surface area contributed by atoms with Gasteiger partial charge in [-0.25, -0.2) is 0 Å². The number of aliphatic hydroxyl groups is 4. The monoisotopic (exact) mass is 1460 g/mol. The standard InChI is InChI=1S/C21H21O3P.C8H12.2C5H12O2.CH2O2.CHO.2CH4.6CH3.B.3Ir.3H/c1-22-16-4-10-19(11-5-16)25(20-12-6-17(23-2)7-13-20)21-14-8-18(24-3)9-15-21;1-2-4-6-8-7-5-3-1;2*1-4(6)3-5(2)7;2-1-3;1-2;;;;;;;;;;;;;;;/h4-15H,1-3H3;1-2,7-8H,3-6H2;2*4-7H,3H2,1-2H3;1H,(H,2,3);1H;2*1H4;6*1H3;;;;;;;/q;;;;;-1;;;6*-1;;;;;;;/b;2-1-,8-7?;;;;;;;;;;;;;;;;;;;. The SMILES string of the molecule is C.C.C1=CCC/C=C\CC1.CC(O)CC(C)O.CC(O)CC(C)O.COc1ccc(P(c2ccc(OC)cc2)c2ccc(OC)cc2)cc1.O=CO.[B].[CH-]=O.[CH3-].[CH3-].[CH3-].[CH3-].[CH3-].[CH3-].[IrH3].[Ir].[Ir]. The first kappa shape index (κ1) is 100. The molecule has 64 heavy (non-hydrogen) atoms. The Morgan fingerprint density at radius 3 is 0.781 bits per heavy atom. The first-order valence-corrected chi connectivity index (χ1v) is 18.3. The molecule has 387 valence electrons. The fraction of sp³-hybridized carbons (Fsp3) is 0.388. The van der Waals surface area contributed by atoms with Crippen LogP contribution in [-0.2, 0) is 69.9 Å². The third-order valence-electron chi connectivity index (χ3n) is 6.69. The summed E-state index contributed by atoms with van der Waals surface area (Å²) in [5.41, 5.74) is 0. The summed E-state index contributed by atoms with van der Waals surface area (Å²) >= 11 is 0. The molecule has 10 nitrogen and oxygen atoms in total.